The average molecular weight is 454 g/mol. The number of anilines is 1. The SMILES string of the molecule is Cc1nn(C2CCS(=O)(=O)C2)c2nc(-c3ccco3)cc(C(=O)Nc3ccc(F)cc3)c12. The van der Waals surface area contributed by atoms with Crippen LogP contribution in [0.5, 0.6) is 0 Å². The number of furan rings is 1. The maximum Gasteiger partial charge on any atom is 0.256 e. The summed E-state index contributed by atoms with van der Waals surface area (Å²) in [6.07, 6.45) is 1.94. The summed E-state index contributed by atoms with van der Waals surface area (Å²) in [4.78, 5) is 17.9. The number of nitrogens with zero attached hydrogens (tertiary/aromatic N) is 3. The third kappa shape index (κ3) is 3.66. The van der Waals surface area contributed by atoms with Crippen molar-refractivity contribution < 1.29 is 22.0 Å². The lowest BCUT2D eigenvalue weighted by Gasteiger charge is -2.12. The first-order valence-corrected chi connectivity index (χ1v) is 11.8. The molecule has 1 N–H and O–H groups in total. The molecular weight excluding hydrogens is 435 g/mol. The van der Waals surface area contributed by atoms with Crippen molar-refractivity contribution in [2.45, 2.75) is 19.4 Å². The number of fused-ring (bicyclic) bond motifs is 1. The van der Waals surface area contributed by atoms with Crippen LogP contribution < -0.4 is 5.32 Å². The van der Waals surface area contributed by atoms with E-state index in [0.717, 1.165) is 0 Å². The van der Waals surface area contributed by atoms with Crippen LogP contribution in [0.4, 0.5) is 10.1 Å². The van der Waals surface area contributed by atoms with Crippen molar-refractivity contribution in [1.29, 1.82) is 0 Å². The van der Waals surface area contributed by atoms with E-state index in [1.165, 1.54) is 30.5 Å². The molecule has 32 heavy (non-hydrogen) atoms. The van der Waals surface area contributed by atoms with Crippen molar-refractivity contribution in [3.63, 3.8) is 0 Å². The molecule has 1 aliphatic heterocycles. The van der Waals surface area contributed by atoms with E-state index in [2.05, 4.69) is 15.4 Å². The van der Waals surface area contributed by atoms with Gasteiger partial charge in [-0.3, -0.25) is 4.79 Å². The van der Waals surface area contributed by atoms with Crippen LogP contribution in [0.15, 0.2) is 53.1 Å². The molecular formula is C22H19FN4O4S. The topological polar surface area (TPSA) is 107 Å². The molecule has 0 saturated carbocycles. The molecule has 3 aromatic heterocycles. The highest BCUT2D eigenvalue weighted by atomic mass is 32.2. The number of hydrogen-bond acceptors (Lipinski definition) is 6. The van der Waals surface area contributed by atoms with Gasteiger partial charge in [-0.2, -0.15) is 5.10 Å². The van der Waals surface area contributed by atoms with E-state index in [0.29, 0.717) is 45.9 Å². The summed E-state index contributed by atoms with van der Waals surface area (Å²) in [5.41, 5.74) is 2.16. The second-order valence-corrected chi connectivity index (χ2v) is 10.0. The minimum absolute atomic E-state index is 0.0208. The Labute approximate surface area is 183 Å². The van der Waals surface area contributed by atoms with Crippen molar-refractivity contribution in [3.05, 3.63) is 65.8 Å². The number of hydrogen-bond donors (Lipinski definition) is 1. The van der Waals surface area contributed by atoms with Gasteiger partial charge in [-0.25, -0.2) is 22.5 Å². The Hall–Kier alpha value is -3.53. The zero-order chi connectivity index (χ0) is 22.5. The highest BCUT2D eigenvalue weighted by Gasteiger charge is 2.32. The quantitative estimate of drug-likeness (QED) is 0.503. The summed E-state index contributed by atoms with van der Waals surface area (Å²) in [6.45, 7) is 1.76. The standard InChI is InChI=1S/C22H19FN4O4S/c1-13-20-17(22(28)24-15-6-4-14(23)5-7-15)11-18(19-3-2-9-31-19)25-21(20)27(26-13)16-8-10-32(29,30)12-16/h2-7,9,11,16H,8,10,12H2,1H3,(H,24,28). The van der Waals surface area contributed by atoms with E-state index in [9.17, 15) is 17.6 Å². The second kappa shape index (κ2) is 7.56. The fourth-order valence-corrected chi connectivity index (χ4v) is 5.69. The molecule has 0 radical (unpaired) electrons. The third-order valence-corrected chi connectivity index (χ3v) is 7.26. The molecule has 1 fully saturated rings. The van der Waals surface area contributed by atoms with Gasteiger partial charge in [-0.15, -0.1) is 0 Å². The van der Waals surface area contributed by atoms with Crippen LogP contribution in [0.2, 0.25) is 0 Å². The van der Waals surface area contributed by atoms with E-state index in [1.807, 2.05) is 0 Å². The van der Waals surface area contributed by atoms with Gasteiger partial charge in [0.1, 0.15) is 11.5 Å². The maximum absolute atomic E-state index is 13.2. The summed E-state index contributed by atoms with van der Waals surface area (Å²) < 4.78 is 44.4. The number of pyridine rings is 1. The first-order valence-electron chi connectivity index (χ1n) is 10.0. The Morgan fingerprint density at radius 3 is 2.69 bits per heavy atom. The van der Waals surface area contributed by atoms with E-state index >= 15 is 0 Å². The van der Waals surface area contributed by atoms with Crippen molar-refractivity contribution in [1.82, 2.24) is 14.8 Å². The van der Waals surface area contributed by atoms with Crippen LogP contribution in [0.1, 0.15) is 28.5 Å². The summed E-state index contributed by atoms with van der Waals surface area (Å²) in [5, 5.41) is 7.85. The normalized spacial score (nSPS) is 17.6. The molecule has 164 valence electrons. The van der Waals surface area contributed by atoms with Gasteiger partial charge < -0.3 is 9.73 Å². The van der Waals surface area contributed by atoms with Gasteiger partial charge in [-0.1, -0.05) is 0 Å². The number of carbonyl (C=O) groups excluding carboxylic acids is 1. The average Bonchev–Trinajstić information content (AvgIpc) is 3.48. The minimum atomic E-state index is -3.14. The summed E-state index contributed by atoms with van der Waals surface area (Å²) in [6, 6.07) is 10.2. The number of sulfone groups is 1. The van der Waals surface area contributed by atoms with Gasteiger partial charge >= 0.3 is 0 Å². The predicted octanol–water partition coefficient (Wildman–Crippen LogP) is 3.75. The zero-order valence-electron chi connectivity index (χ0n) is 17.1. The fraction of sp³-hybridized carbons (Fsp3) is 0.227. The molecule has 8 nitrogen and oxygen atoms in total. The molecule has 1 aliphatic rings. The molecule has 0 aliphatic carbocycles. The van der Waals surface area contributed by atoms with Crippen molar-refractivity contribution in [2.75, 3.05) is 16.8 Å². The van der Waals surface area contributed by atoms with Crippen LogP contribution >= 0.6 is 0 Å². The second-order valence-electron chi connectivity index (χ2n) is 7.78. The highest BCUT2D eigenvalue weighted by Crippen LogP contribution is 2.32. The van der Waals surface area contributed by atoms with Crippen molar-refractivity contribution >= 4 is 32.5 Å². The molecule has 10 heteroatoms. The van der Waals surface area contributed by atoms with Gasteiger partial charge in [-0.05, 0) is 55.8 Å². The molecule has 1 atom stereocenters. The molecule has 5 rings (SSSR count). The van der Waals surface area contributed by atoms with Crippen LogP contribution in [-0.2, 0) is 9.84 Å². The molecule has 4 heterocycles. The number of rotatable bonds is 4. The molecule has 1 aromatic carbocycles. The zero-order valence-corrected chi connectivity index (χ0v) is 17.9. The molecule has 0 spiro atoms. The Kier molecular flexibility index (Phi) is 4.81. The lowest BCUT2D eigenvalue weighted by Crippen LogP contribution is -2.15. The number of halogens is 1. The number of carbonyl (C=O) groups is 1. The molecule has 4 aromatic rings. The van der Waals surface area contributed by atoms with Crippen LogP contribution in [0, 0.1) is 12.7 Å². The van der Waals surface area contributed by atoms with Gasteiger partial charge in [0.05, 0.1) is 40.5 Å². The fourth-order valence-electron chi connectivity index (χ4n) is 4.00. The van der Waals surface area contributed by atoms with E-state index < -0.39 is 21.6 Å². The summed E-state index contributed by atoms with van der Waals surface area (Å²) in [7, 11) is -3.14. The number of aryl methyl sites for hydroxylation is 1. The lowest BCUT2D eigenvalue weighted by atomic mass is 10.1. The first kappa shape index (κ1) is 20.4. The molecule has 1 saturated heterocycles. The number of amides is 1. The lowest BCUT2D eigenvalue weighted by molar-refractivity contribution is 0.102. The van der Waals surface area contributed by atoms with Crippen molar-refractivity contribution in [2.24, 2.45) is 0 Å². The largest absolute Gasteiger partial charge is 0.463 e. The minimum Gasteiger partial charge on any atom is -0.463 e. The van der Waals surface area contributed by atoms with E-state index in [4.69, 9.17) is 4.42 Å². The number of benzene rings is 1. The Morgan fingerprint density at radius 1 is 1.25 bits per heavy atom. The molecule has 1 unspecified atom stereocenters. The van der Waals surface area contributed by atoms with Crippen LogP contribution in [0.3, 0.4) is 0 Å². The highest BCUT2D eigenvalue weighted by molar-refractivity contribution is 7.91. The Bertz CT molecular complexity index is 1430. The van der Waals surface area contributed by atoms with Gasteiger partial charge in [0.15, 0.2) is 21.2 Å². The number of aromatic nitrogens is 3. The molecule has 0 bridgehead atoms. The maximum atomic E-state index is 13.2. The van der Waals surface area contributed by atoms with Gasteiger partial charge in [0.25, 0.3) is 5.91 Å². The van der Waals surface area contributed by atoms with Gasteiger partial charge in [0.2, 0.25) is 0 Å². The first-order chi connectivity index (χ1) is 15.3. The van der Waals surface area contributed by atoms with Gasteiger partial charge in [0, 0.05) is 5.69 Å². The van der Waals surface area contributed by atoms with Crippen molar-refractivity contribution in [3.8, 4) is 11.5 Å². The predicted molar refractivity (Wildman–Crippen MR) is 117 cm³/mol. The smallest absolute Gasteiger partial charge is 0.256 e. The Morgan fingerprint density at radius 2 is 2.03 bits per heavy atom. The summed E-state index contributed by atoms with van der Waals surface area (Å²) in [5.74, 6) is -0.287. The van der Waals surface area contributed by atoms with Crippen LogP contribution in [-0.4, -0.2) is 40.6 Å². The third-order valence-electron chi connectivity index (χ3n) is 5.51. The Balaban J connectivity index is 1.66. The number of nitrogens with one attached hydrogen (secondary N) is 1. The van der Waals surface area contributed by atoms with E-state index in [1.54, 1.807) is 29.8 Å². The summed E-state index contributed by atoms with van der Waals surface area (Å²) >= 11 is 0. The molecule has 1 amide bonds. The van der Waals surface area contributed by atoms with E-state index in [-0.39, 0.29) is 17.5 Å². The monoisotopic (exact) mass is 454 g/mol. The van der Waals surface area contributed by atoms with Crippen LogP contribution in [0.25, 0.3) is 22.5 Å².